The second kappa shape index (κ2) is 9.56. The zero-order valence-corrected chi connectivity index (χ0v) is 21.7. The lowest BCUT2D eigenvalue weighted by Gasteiger charge is -2.25. The highest BCUT2D eigenvalue weighted by Gasteiger charge is 2.54. The lowest BCUT2D eigenvalue weighted by atomic mass is 10.1. The van der Waals surface area contributed by atoms with E-state index in [4.69, 9.17) is 24.4 Å². The van der Waals surface area contributed by atoms with Crippen LogP contribution in [0, 0.1) is 12.8 Å². The summed E-state index contributed by atoms with van der Waals surface area (Å²) in [7, 11) is 0. The van der Waals surface area contributed by atoms with Crippen LogP contribution in [-0.2, 0) is 16.0 Å². The Bertz CT molecular complexity index is 1380. The van der Waals surface area contributed by atoms with E-state index >= 15 is 0 Å². The molecule has 2 aliphatic rings. The van der Waals surface area contributed by atoms with Crippen LogP contribution in [0.4, 0.5) is 11.8 Å². The number of aliphatic hydroxyl groups is 1. The van der Waals surface area contributed by atoms with Crippen molar-refractivity contribution in [3.8, 4) is 10.6 Å². The Morgan fingerprint density at radius 3 is 2.62 bits per heavy atom. The van der Waals surface area contributed by atoms with Crippen LogP contribution in [0.5, 0.6) is 0 Å². The maximum atomic E-state index is 10.0. The van der Waals surface area contributed by atoms with Gasteiger partial charge in [-0.15, -0.1) is 11.3 Å². The summed E-state index contributed by atoms with van der Waals surface area (Å²) in [5, 5.41) is 17.8. The van der Waals surface area contributed by atoms with Gasteiger partial charge >= 0.3 is 0 Å². The van der Waals surface area contributed by atoms with Crippen LogP contribution in [0.2, 0.25) is 0 Å². The molecule has 1 aliphatic heterocycles. The average molecular weight is 520 g/mol. The summed E-state index contributed by atoms with van der Waals surface area (Å²) in [6, 6.07) is 9.75. The summed E-state index contributed by atoms with van der Waals surface area (Å²) in [4.78, 5) is 23.1. The second-order valence-corrected chi connectivity index (χ2v) is 10.9. The number of para-hydroxylation sites is 1. The zero-order valence-electron chi connectivity index (χ0n) is 20.9. The van der Waals surface area contributed by atoms with Gasteiger partial charge in [0.1, 0.15) is 22.8 Å². The van der Waals surface area contributed by atoms with Gasteiger partial charge in [0.15, 0.2) is 5.79 Å². The molecule has 6 rings (SSSR count). The van der Waals surface area contributed by atoms with Gasteiger partial charge < -0.3 is 25.2 Å². The first kappa shape index (κ1) is 24.1. The zero-order chi connectivity index (χ0) is 25.6. The Morgan fingerprint density at radius 1 is 1.05 bits per heavy atom. The monoisotopic (exact) mass is 519 g/mol. The largest absolute Gasteiger partial charge is 0.396 e. The Morgan fingerprint density at radius 2 is 1.84 bits per heavy atom. The molecule has 0 spiro atoms. The molecule has 0 amide bonds. The van der Waals surface area contributed by atoms with Gasteiger partial charge in [-0.1, -0.05) is 12.1 Å². The van der Waals surface area contributed by atoms with Crippen molar-refractivity contribution < 1.29 is 14.6 Å². The molecule has 2 fully saturated rings. The number of fused-ring (bicyclic) bond motifs is 2. The molecule has 1 saturated heterocycles. The number of aliphatic hydroxyl groups excluding tert-OH is 1. The van der Waals surface area contributed by atoms with Crippen molar-refractivity contribution in [2.24, 2.45) is 5.92 Å². The predicted octanol–water partition coefficient (Wildman–Crippen LogP) is 3.78. The Labute approximate surface area is 218 Å². The molecular weight excluding hydrogens is 490 g/mol. The number of aryl methyl sites for hydroxylation is 1. The molecule has 0 bridgehead atoms. The number of benzene rings is 1. The van der Waals surface area contributed by atoms with Crippen LogP contribution in [-0.4, -0.2) is 60.7 Å². The smallest absolute Gasteiger partial charge is 0.225 e. The van der Waals surface area contributed by atoms with Gasteiger partial charge in [-0.2, -0.15) is 4.98 Å². The molecule has 1 aromatic carbocycles. The highest BCUT2D eigenvalue weighted by atomic mass is 32.1. The second-order valence-electron chi connectivity index (χ2n) is 9.86. The van der Waals surface area contributed by atoms with E-state index in [1.165, 1.54) is 0 Å². The van der Waals surface area contributed by atoms with Gasteiger partial charge in [-0.05, 0) is 45.4 Å². The van der Waals surface area contributed by atoms with Crippen molar-refractivity contribution in [1.29, 1.82) is 0 Å². The third-order valence-electron chi connectivity index (χ3n) is 6.76. The van der Waals surface area contributed by atoms with E-state index in [-0.39, 0.29) is 30.8 Å². The number of hydrogen-bond acceptors (Lipinski definition) is 11. The minimum absolute atomic E-state index is 0.0223. The molecule has 3 N–H and O–H groups in total. The van der Waals surface area contributed by atoms with Crippen molar-refractivity contribution in [3.05, 3.63) is 54.2 Å². The quantitative estimate of drug-likeness (QED) is 0.332. The van der Waals surface area contributed by atoms with Crippen LogP contribution >= 0.6 is 11.3 Å². The van der Waals surface area contributed by atoms with E-state index in [9.17, 15) is 5.11 Å². The summed E-state index contributed by atoms with van der Waals surface area (Å²) in [6.45, 7) is 6.21. The minimum atomic E-state index is -0.705. The van der Waals surface area contributed by atoms with Crippen LogP contribution in [0.1, 0.15) is 31.8 Å². The molecule has 37 heavy (non-hydrogen) atoms. The molecular formula is C26H29N7O3S. The molecule has 4 heterocycles. The van der Waals surface area contributed by atoms with Crippen LogP contribution in [0.3, 0.4) is 0 Å². The predicted molar refractivity (Wildman–Crippen MR) is 141 cm³/mol. The Balaban J connectivity index is 1.37. The van der Waals surface area contributed by atoms with E-state index in [0.29, 0.717) is 30.6 Å². The number of hydrogen-bond donors (Lipinski definition) is 3. The summed E-state index contributed by atoms with van der Waals surface area (Å²) in [5.41, 5.74) is 2.59. The standard InChI is InChI=1S/C26H29N7O3S/c1-14-20(24-32-16-7-4-5-8-18(16)37-24)23(33-25(30-14)29-12-19-27-9-6-10-28-19)31-17-11-15(13-34)21-22(17)36-26(2,3)35-21/h4-10,15,17,21-22,34H,11-13H2,1-3H3,(H2,29,30,31,33)/t15-,17-,21-,22+/m1/s1. The molecule has 10 nitrogen and oxygen atoms in total. The number of rotatable bonds is 7. The molecule has 1 aliphatic carbocycles. The summed E-state index contributed by atoms with van der Waals surface area (Å²) >= 11 is 1.61. The molecule has 11 heteroatoms. The number of aromatic nitrogens is 5. The molecule has 3 aromatic heterocycles. The third kappa shape index (κ3) is 4.75. The first-order valence-electron chi connectivity index (χ1n) is 12.4. The fourth-order valence-corrected chi connectivity index (χ4v) is 6.22. The highest BCUT2D eigenvalue weighted by molar-refractivity contribution is 7.21. The maximum Gasteiger partial charge on any atom is 0.225 e. The van der Waals surface area contributed by atoms with Gasteiger partial charge in [-0.3, -0.25) is 0 Å². The minimum Gasteiger partial charge on any atom is -0.396 e. The maximum absolute atomic E-state index is 10.0. The fraction of sp³-hybridized carbons (Fsp3) is 0.423. The van der Waals surface area contributed by atoms with Crippen LogP contribution in [0.15, 0.2) is 42.7 Å². The van der Waals surface area contributed by atoms with Crippen molar-refractivity contribution in [1.82, 2.24) is 24.9 Å². The van der Waals surface area contributed by atoms with Crippen LogP contribution in [0.25, 0.3) is 20.8 Å². The van der Waals surface area contributed by atoms with E-state index in [0.717, 1.165) is 26.5 Å². The highest BCUT2D eigenvalue weighted by Crippen LogP contribution is 2.44. The van der Waals surface area contributed by atoms with Gasteiger partial charge in [-0.25, -0.2) is 19.9 Å². The Hall–Kier alpha value is -3.25. The first-order chi connectivity index (χ1) is 17.9. The van der Waals surface area contributed by atoms with Crippen molar-refractivity contribution in [2.45, 2.75) is 57.8 Å². The number of thiazole rings is 1. The average Bonchev–Trinajstić information content (AvgIpc) is 3.54. The number of nitrogens with one attached hydrogen (secondary N) is 2. The summed E-state index contributed by atoms with van der Waals surface area (Å²) in [5.74, 6) is 1.05. The number of anilines is 2. The summed E-state index contributed by atoms with van der Waals surface area (Å²) < 4.78 is 13.5. The van der Waals surface area contributed by atoms with E-state index < -0.39 is 5.79 Å². The van der Waals surface area contributed by atoms with Crippen molar-refractivity contribution >= 4 is 33.3 Å². The first-order valence-corrected chi connectivity index (χ1v) is 13.2. The lowest BCUT2D eigenvalue weighted by molar-refractivity contribution is -0.158. The molecule has 4 atom stereocenters. The Kier molecular flexibility index (Phi) is 6.23. The number of nitrogens with zero attached hydrogens (tertiary/aromatic N) is 5. The fourth-order valence-electron chi connectivity index (χ4n) is 5.15. The van der Waals surface area contributed by atoms with Gasteiger partial charge in [0.05, 0.1) is 40.2 Å². The lowest BCUT2D eigenvalue weighted by Crippen LogP contribution is -2.35. The molecule has 192 valence electrons. The topological polar surface area (TPSA) is 127 Å². The van der Waals surface area contributed by atoms with Crippen LogP contribution < -0.4 is 10.6 Å². The SMILES string of the molecule is Cc1nc(NCc2ncccn2)nc(N[C@@H]2C[C@H](CO)[C@H]3OC(C)(C)O[C@H]32)c1-c1nc2ccccc2s1. The molecule has 0 unspecified atom stereocenters. The van der Waals surface area contributed by atoms with Crippen molar-refractivity contribution in [2.75, 3.05) is 17.2 Å². The van der Waals surface area contributed by atoms with E-state index in [2.05, 4.69) is 26.7 Å². The van der Waals surface area contributed by atoms with Gasteiger partial charge in [0.25, 0.3) is 0 Å². The third-order valence-corrected chi connectivity index (χ3v) is 7.81. The molecule has 4 aromatic rings. The van der Waals surface area contributed by atoms with Gasteiger partial charge in [0, 0.05) is 24.9 Å². The van der Waals surface area contributed by atoms with E-state index in [1.807, 2.05) is 39.0 Å². The number of ether oxygens (including phenoxy) is 2. The molecule has 1 saturated carbocycles. The van der Waals surface area contributed by atoms with Gasteiger partial charge in [0.2, 0.25) is 5.95 Å². The van der Waals surface area contributed by atoms with E-state index in [1.54, 1.807) is 29.8 Å². The summed E-state index contributed by atoms with van der Waals surface area (Å²) in [6.07, 6.45) is 3.72. The van der Waals surface area contributed by atoms with Crippen molar-refractivity contribution in [3.63, 3.8) is 0 Å². The molecule has 0 radical (unpaired) electrons. The normalized spacial score (nSPS) is 24.3.